The van der Waals surface area contributed by atoms with Crippen molar-refractivity contribution in [2.24, 2.45) is 0 Å². The normalized spacial score (nSPS) is 23.4. The predicted octanol–water partition coefficient (Wildman–Crippen LogP) is 1.29. The lowest BCUT2D eigenvalue weighted by Gasteiger charge is -2.44. The van der Waals surface area contributed by atoms with E-state index in [2.05, 4.69) is 54.3 Å². The molecule has 0 aromatic heterocycles. The molecule has 19 heavy (non-hydrogen) atoms. The van der Waals surface area contributed by atoms with Gasteiger partial charge in [-0.1, -0.05) is 0 Å². The van der Waals surface area contributed by atoms with Gasteiger partial charge < -0.3 is 15.1 Å². The number of piperazine rings is 1. The second kappa shape index (κ2) is 6.05. The Morgan fingerprint density at radius 3 is 2.58 bits per heavy atom. The molecular weight excluding hydrogens is 236 g/mol. The fraction of sp³-hybridized carbons (Fsp3) is 0.533. The lowest BCUT2D eigenvalue weighted by molar-refractivity contribution is 0.316. The second-order valence-electron chi connectivity index (χ2n) is 5.49. The minimum absolute atomic E-state index is 0.464. The molecule has 0 saturated carbocycles. The average molecular weight is 258 g/mol. The molecule has 1 aromatic rings. The lowest BCUT2D eigenvalue weighted by atomic mass is 10.1. The molecule has 1 fully saturated rings. The summed E-state index contributed by atoms with van der Waals surface area (Å²) in [4.78, 5) is 4.69. The highest BCUT2D eigenvalue weighted by Gasteiger charge is 2.28. The van der Waals surface area contributed by atoms with Crippen molar-refractivity contribution in [2.75, 3.05) is 38.6 Å². The van der Waals surface area contributed by atoms with Crippen LogP contribution in [0.2, 0.25) is 0 Å². The molecule has 1 heterocycles. The highest BCUT2D eigenvalue weighted by molar-refractivity contribution is 5.52. The van der Waals surface area contributed by atoms with Gasteiger partial charge in [0, 0.05) is 31.4 Å². The summed E-state index contributed by atoms with van der Waals surface area (Å²) in [5.74, 6) is 0. The Kier molecular flexibility index (Phi) is 4.41. The number of rotatable bonds is 3. The van der Waals surface area contributed by atoms with Gasteiger partial charge in [0.1, 0.15) is 0 Å². The summed E-state index contributed by atoms with van der Waals surface area (Å²) in [6.07, 6.45) is 0. The van der Waals surface area contributed by atoms with Crippen LogP contribution in [0.3, 0.4) is 0 Å². The number of nitrogens with one attached hydrogen (secondary N) is 1. The molecule has 1 aliphatic heterocycles. The van der Waals surface area contributed by atoms with E-state index in [1.807, 2.05) is 12.1 Å². The third-order valence-electron chi connectivity index (χ3n) is 3.56. The van der Waals surface area contributed by atoms with Crippen LogP contribution in [0.25, 0.3) is 0 Å². The molecule has 4 heteroatoms. The van der Waals surface area contributed by atoms with E-state index in [4.69, 9.17) is 5.26 Å². The zero-order valence-corrected chi connectivity index (χ0v) is 11.9. The van der Waals surface area contributed by atoms with Crippen molar-refractivity contribution in [1.82, 2.24) is 10.2 Å². The summed E-state index contributed by atoms with van der Waals surface area (Å²) in [7, 11) is 4.21. The van der Waals surface area contributed by atoms with Crippen molar-refractivity contribution in [3.8, 4) is 6.07 Å². The molecule has 0 bridgehead atoms. The number of hydrogen-bond acceptors (Lipinski definition) is 4. The molecule has 0 radical (unpaired) electrons. The van der Waals surface area contributed by atoms with Crippen molar-refractivity contribution in [1.29, 1.82) is 5.26 Å². The number of anilines is 1. The van der Waals surface area contributed by atoms with E-state index < -0.39 is 0 Å². The van der Waals surface area contributed by atoms with Gasteiger partial charge in [-0.05, 0) is 45.3 Å². The Morgan fingerprint density at radius 1 is 1.32 bits per heavy atom. The Labute approximate surface area is 115 Å². The summed E-state index contributed by atoms with van der Waals surface area (Å²) in [6, 6.07) is 11.0. The van der Waals surface area contributed by atoms with Crippen molar-refractivity contribution in [2.45, 2.75) is 19.0 Å². The van der Waals surface area contributed by atoms with Gasteiger partial charge in [-0.25, -0.2) is 0 Å². The van der Waals surface area contributed by atoms with E-state index in [0.717, 1.165) is 25.2 Å². The third kappa shape index (κ3) is 3.25. The summed E-state index contributed by atoms with van der Waals surface area (Å²) >= 11 is 0. The van der Waals surface area contributed by atoms with Crippen LogP contribution >= 0.6 is 0 Å². The van der Waals surface area contributed by atoms with Gasteiger partial charge in [-0.3, -0.25) is 0 Å². The van der Waals surface area contributed by atoms with Crippen LogP contribution in [-0.4, -0.2) is 50.7 Å². The zero-order valence-electron chi connectivity index (χ0n) is 11.9. The van der Waals surface area contributed by atoms with E-state index >= 15 is 0 Å². The first-order chi connectivity index (χ1) is 9.11. The van der Waals surface area contributed by atoms with Gasteiger partial charge >= 0.3 is 0 Å². The Hall–Kier alpha value is -1.57. The monoisotopic (exact) mass is 258 g/mol. The fourth-order valence-electron chi connectivity index (χ4n) is 2.76. The minimum atomic E-state index is 0.464. The minimum Gasteiger partial charge on any atom is -0.362 e. The Bertz CT molecular complexity index is 446. The second-order valence-corrected chi connectivity index (χ2v) is 5.49. The molecule has 2 rings (SSSR count). The molecule has 1 N–H and O–H groups in total. The predicted molar refractivity (Wildman–Crippen MR) is 78.3 cm³/mol. The lowest BCUT2D eigenvalue weighted by Crippen LogP contribution is -2.59. The Balaban J connectivity index is 2.22. The van der Waals surface area contributed by atoms with Gasteiger partial charge in [0.2, 0.25) is 0 Å². The molecule has 0 spiro atoms. The average Bonchev–Trinajstić information content (AvgIpc) is 2.38. The molecule has 2 unspecified atom stereocenters. The molecule has 1 saturated heterocycles. The largest absolute Gasteiger partial charge is 0.362 e. The molecule has 4 nitrogen and oxygen atoms in total. The van der Waals surface area contributed by atoms with Gasteiger partial charge in [0.25, 0.3) is 0 Å². The summed E-state index contributed by atoms with van der Waals surface area (Å²) < 4.78 is 0. The van der Waals surface area contributed by atoms with E-state index in [0.29, 0.717) is 12.1 Å². The quantitative estimate of drug-likeness (QED) is 0.887. The maximum Gasteiger partial charge on any atom is 0.0991 e. The molecule has 0 aliphatic carbocycles. The molecule has 1 aromatic carbocycles. The number of nitriles is 1. The van der Waals surface area contributed by atoms with Gasteiger partial charge in [0.05, 0.1) is 17.7 Å². The first-order valence-corrected chi connectivity index (χ1v) is 6.75. The number of likely N-dealkylation sites (N-methyl/N-ethyl adjacent to an activating group) is 1. The SMILES string of the molecule is CC1CNCC(CN(C)C)N1c1ccc(C#N)cc1. The van der Waals surface area contributed by atoms with Crippen LogP contribution in [0.15, 0.2) is 24.3 Å². The van der Waals surface area contributed by atoms with Gasteiger partial charge in [-0.15, -0.1) is 0 Å². The summed E-state index contributed by atoms with van der Waals surface area (Å²) in [5.41, 5.74) is 1.93. The fourth-order valence-corrected chi connectivity index (χ4v) is 2.76. The summed E-state index contributed by atoms with van der Waals surface area (Å²) in [5, 5.41) is 12.4. The van der Waals surface area contributed by atoms with Crippen LogP contribution in [0.4, 0.5) is 5.69 Å². The standard InChI is InChI=1S/C15H22N4/c1-12-9-17-10-15(11-18(2)3)19(12)14-6-4-13(8-16)5-7-14/h4-7,12,15,17H,9-11H2,1-3H3. The van der Waals surface area contributed by atoms with Crippen molar-refractivity contribution in [3.05, 3.63) is 29.8 Å². The van der Waals surface area contributed by atoms with Crippen LogP contribution < -0.4 is 10.2 Å². The maximum atomic E-state index is 8.88. The van der Waals surface area contributed by atoms with E-state index in [1.54, 1.807) is 0 Å². The number of nitrogens with zero attached hydrogens (tertiary/aromatic N) is 3. The first kappa shape index (κ1) is 13.9. The highest BCUT2D eigenvalue weighted by atomic mass is 15.3. The van der Waals surface area contributed by atoms with Crippen LogP contribution in [0.1, 0.15) is 12.5 Å². The molecule has 1 aliphatic rings. The number of benzene rings is 1. The van der Waals surface area contributed by atoms with Crippen molar-refractivity contribution in [3.63, 3.8) is 0 Å². The van der Waals surface area contributed by atoms with E-state index in [1.165, 1.54) is 5.69 Å². The van der Waals surface area contributed by atoms with Gasteiger partial charge in [-0.2, -0.15) is 5.26 Å². The van der Waals surface area contributed by atoms with Crippen molar-refractivity contribution >= 4 is 5.69 Å². The molecule has 0 amide bonds. The van der Waals surface area contributed by atoms with E-state index in [9.17, 15) is 0 Å². The third-order valence-corrected chi connectivity index (χ3v) is 3.56. The Morgan fingerprint density at radius 2 is 2.00 bits per heavy atom. The number of hydrogen-bond donors (Lipinski definition) is 1. The smallest absolute Gasteiger partial charge is 0.0991 e. The van der Waals surface area contributed by atoms with Crippen LogP contribution in [0.5, 0.6) is 0 Å². The molecule has 102 valence electrons. The molecular formula is C15H22N4. The van der Waals surface area contributed by atoms with Crippen molar-refractivity contribution < 1.29 is 0 Å². The maximum absolute atomic E-state index is 8.88. The van der Waals surface area contributed by atoms with Crippen LogP contribution in [-0.2, 0) is 0 Å². The topological polar surface area (TPSA) is 42.3 Å². The van der Waals surface area contributed by atoms with E-state index in [-0.39, 0.29) is 0 Å². The van der Waals surface area contributed by atoms with Gasteiger partial charge in [0.15, 0.2) is 0 Å². The van der Waals surface area contributed by atoms with Crippen LogP contribution in [0, 0.1) is 11.3 Å². The first-order valence-electron chi connectivity index (χ1n) is 6.75. The molecule has 2 atom stereocenters. The zero-order chi connectivity index (χ0) is 13.8. The summed E-state index contributed by atoms with van der Waals surface area (Å²) in [6.45, 7) is 5.27. The highest BCUT2D eigenvalue weighted by Crippen LogP contribution is 2.22.